The van der Waals surface area contributed by atoms with Gasteiger partial charge >= 0.3 is 0 Å². The number of rotatable bonds is 28. The van der Waals surface area contributed by atoms with Crippen LogP contribution in [0.15, 0.2) is 97.2 Å². The highest BCUT2D eigenvalue weighted by atomic mass is 16.2. The molecule has 0 radical (unpaired) electrons. The van der Waals surface area contributed by atoms with E-state index in [0.717, 1.165) is 64.2 Å². The number of hydrogen-bond acceptors (Lipinski definition) is 2. The zero-order valence-corrected chi connectivity index (χ0v) is 27.7. The lowest BCUT2D eigenvalue weighted by molar-refractivity contribution is -0.130. The van der Waals surface area contributed by atoms with Gasteiger partial charge in [0.25, 0.3) is 0 Å². The summed E-state index contributed by atoms with van der Waals surface area (Å²) in [6, 6.07) is 0. The van der Waals surface area contributed by atoms with E-state index in [2.05, 4.69) is 116 Å². The summed E-state index contributed by atoms with van der Waals surface area (Å²) in [6.45, 7) is 4.47. The van der Waals surface area contributed by atoms with E-state index in [9.17, 15) is 9.59 Å². The average Bonchev–Trinajstić information content (AvgIpc) is 3.00. The number of carbonyl (C=O) groups excluding carboxylic acids is 2. The fourth-order valence-corrected chi connectivity index (χ4v) is 4.16. The molecule has 2 amide bonds. The molecular formula is C40H63NO2. The third-order valence-corrected chi connectivity index (χ3v) is 6.74. The second-order valence-electron chi connectivity index (χ2n) is 10.9. The zero-order chi connectivity index (χ0) is 31.3. The number of unbranched alkanes of at least 4 members (excludes halogenated alkanes) is 8. The summed E-state index contributed by atoms with van der Waals surface area (Å²) in [5, 5.41) is 2.52. The number of hydrogen-bond donors (Lipinski definition) is 1. The lowest BCUT2D eigenvalue weighted by Gasteiger charge is -2.02. The summed E-state index contributed by atoms with van der Waals surface area (Å²) in [5.41, 5.74) is 0. The maximum Gasteiger partial charge on any atom is 0.226 e. The molecule has 0 spiro atoms. The first-order valence-electron chi connectivity index (χ1n) is 17.2. The van der Waals surface area contributed by atoms with Gasteiger partial charge in [-0.1, -0.05) is 137 Å². The maximum absolute atomic E-state index is 12.0. The summed E-state index contributed by atoms with van der Waals surface area (Å²) in [6.07, 6.45) is 55.2. The minimum Gasteiger partial charge on any atom is -0.296 e. The average molecular weight is 590 g/mol. The predicted molar refractivity (Wildman–Crippen MR) is 190 cm³/mol. The second kappa shape index (κ2) is 35.3. The Morgan fingerprint density at radius 3 is 0.907 bits per heavy atom. The third-order valence-electron chi connectivity index (χ3n) is 6.74. The molecule has 0 aliphatic heterocycles. The van der Waals surface area contributed by atoms with Crippen LogP contribution in [0.5, 0.6) is 0 Å². The van der Waals surface area contributed by atoms with Crippen molar-refractivity contribution in [3.63, 3.8) is 0 Å². The summed E-state index contributed by atoms with van der Waals surface area (Å²) in [7, 11) is 0. The van der Waals surface area contributed by atoms with Crippen molar-refractivity contribution in [3.8, 4) is 0 Å². The smallest absolute Gasteiger partial charge is 0.226 e. The number of allylic oxidation sites excluding steroid dienone is 16. The minimum absolute atomic E-state index is 0.168. The molecule has 0 fully saturated rings. The molecule has 0 aromatic rings. The molecule has 43 heavy (non-hydrogen) atoms. The van der Waals surface area contributed by atoms with Gasteiger partial charge in [0.2, 0.25) is 11.8 Å². The Balaban J connectivity index is 3.64. The van der Waals surface area contributed by atoms with E-state index in [1.54, 1.807) is 0 Å². The fraction of sp³-hybridized carbons (Fsp3) is 0.550. The molecule has 0 saturated heterocycles. The summed E-state index contributed by atoms with van der Waals surface area (Å²) >= 11 is 0. The molecule has 0 aromatic carbocycles. The van der Waals surface area contributed by atoms with Gasteiger partial charge in [0.1, 0.15) is 0 Å². The number of nitrogens with one attached hydrogen (secondary N) is 1. The van der Waals surface area contributed by atoms with Gasteiger partial charge < -0.3 is 0 Å². The van der Waals surface area contributed by atoms with Crippen LogP contribution in [-0.2, 0) is 9.59 Å². The molecular weight excluding hydrogens is 526 g/mol. The first-order chi connectivity index (χ1) is 21.2. The molecule has 0 saturated carbocycles. The van der Waals surface area contributed by atoms with Gasteiger partial charge in [-0.25, -0.2) is 0 Å². The lowest BCUT2D eigenvalue weighted by Crippen LogP contribution is -2.29. The highest BCUT2D eigenvalue weighted by Gasteiger charge is 2.06. The third kappa shape index (κ3) is 35.2. The quantitative estimate of drug-likeness (QED) is 0.0728. The van der Waals surface area contributed by atoms with E-state index in [4.69, 9.17) is 0 Å². The Morgan fingerprint density at radius 2 is 0.628 bits per heavy atom. The molecule has 0 atom stereocenters. The van der Waals surface area contributed by atoms with E-state index < -0.39 is 0 Å². The summed E-state index contributed by atoms with van der Waals surface area (Å²) < 4.78 is 0. The normalized spacial score (nSPS) is 12.8. The Hall–Kier alpha value is -2.94. The van der Waals surface area contributed by atoms with Crippen LogP contribution in [0.1, 0.15) is 142 Å². The molecule has 3 nitrogen and oxygen atoms in total. The van der Waals surface area contributed by atoms with Crippen LogP contribution in [0.3, 0.4) is 0 Å². The molecule has 240 valence electrons. The molecule has 1 N–H and O–H groups in total. The Bertz CT molecular complexity index is 810. The molecule has 0 aliphatic rings. The predicted octanol–water partition coefficient (Wildman–Crippen LogP) is 11.9. The van der Waals surface area contributed by atoms with Crippen LogP contribution >= 0.6 is 0 Å². The molecule has 0 bridgehead atoms. The van der Waals surface area contributed by atoms with E-state index in [1.165, 1.54) is 51.4 Å². The fourth-order valence-electron chi connectivity index (χ4n) is 4.16. The lowest BCUT2D eigenvalue weighted by atomic mass is 10.2. The van der Waals surface area contributed by atoms with Gasteiger partial charge in [-0.3, -0.25) is 14.9 Å². The first-order valence-corrected chi connectivity index (χ1v) is 17.2. The van der Waals surface area contributed by atoms with Crippen molar-refractivity contribution in [2.45, 2.75) is 142 Å². The van der Waals surface area contributed by atoms with Crippen molar-refractivity contribution >= 4 is 11.8 Å². The van der Waals surface area contributed by atoms with Crippen molar-refractivity contribution in [1.82, 2.24) is 5.32 Å². The Kier molecular flexibility index (Phi) is 32.8. The van der Waals surface area contributed by atoms with E-state index in [1.807, 2.05) is 0 Å². The van der Waals surface area contributed by atoms with Crippen molar-refractivity contribution in [1.29, 1.82) is 0 Å². The molecule has 0 heterocycles. The summed E-state index contributed by atoms with van der Waals surface area (Å²) in [4.78, 5) is 24.0. The van der Waals surface area contributed by atoms with Gasteiger partial charge in [-0.2, -0.15) is 0 Å². The number of amides is 2. The molecule has 0 unspecified atom stereocenters. The van der Waals surface area contributed by atoms with Crippen molar-refractivity contribution in [3.05, 3.63) is 97.2 Å². The monoisotopic (exact) mass is 589 g/mol. The van der Waals surface area contributed by atoms with E-state index in [-0.39, 0.29) is 11.8 Å². The molecule has 3 heteroatoms. The van der Waals surface area contributed by atoms with Gasteiger partial charge in [0, 0.05) is 12.8 Å². The Labute approximate surface area is 265 Å². The van der Waals surface area contributed by atoms with Crippen LogP contribution in [0.2, 0.25) is 0 Å². The second-order valence-corrected chi connectivity index (χ2v) is 10.9. The highest BCUT2D eigenvalue weighted by molar-refractivity contribution is 5.95. The first kappa shape index (κ1) is 40.1. The Morgan fingerprint density at radius 1 is 0.372 bits per heavy atom. The minimum atomic E-state index is -0.168. The van der Waals surface area contributed by atoms with Crippen molar-refractivity contribution in [2.75, 3.05) is 0 Å². The zero-order valence-electron chi connectivity index (χ0n) is 27.7. The van der Waals surface area contributed by atoms with Gasteiger partial charge in [-0.05, 0) is 89.9 Å². The SMILES string of the molecule is CCCCCC=CCC=CCC=CCC=CCCCC(=O)NC(=O)CCCC=CCC=CCC=CCC=CCCCCC. The molecule has 0 aliphatic carbocycles. The molecule has 0 rings (SSSR count). The van der Waals surface area contributed by atoms with Crippen molar-refractivity contribution in [2.24, 2.45) is 0 Å². The van der Waals surface area contributed by atoms with Crippen LogP contribution < -0.4 is 5.32 Å². The standard InChI is InChI=1S/C40H63NO2/c1-3-5-7-9-11-13-15-17-19-21-23-25-27-29-31-33-35-37-39(42)41-40(43)38-36-34-32-30-28-26-24-22-20-18-16-14-12-10-8-6-4-2/h11-14,17-20,23-26,29-32H,3-10,15-16,21-22,27-28,33-38H2,1-2H3,(H,41,42,43). The van der Waals surface area contributed by atoms with E-state index in [0.29, 0.717) is 12.8 Å². The van der Waals surface area contributed by atoms with Crippen LogP contribution in [0.4, 0.5) is 0 Å². The maximum atomic E-state index is 12.0. The van der Waals surface area contributed by atoms with Gasteiger partial charge in [0.05, 0.1) is 0 Å². The van der Waals surface area contributed by atoms with E-state index >= 15 is 0 Å². The number of imide groups is 1. The van der Waals surface area contributed by atoms with Crippen molar-refractivity contribution < 1.29 is 9.59 Å². The highest BCUT2D eigenvalue weighted by Crippen LogP contribution is 2.04. The largest absolute Gasteiger partial charge is 0.296 e. The topological polar surface area (TPSA) is 46.2 Å². The van der Waals surface area contributed by atoms with Gasteiger partial charge in [-0.15, -0.1) is 0 Å². The summed E-state index contributed by atoms with van der Waals surface area (Å²) in [5.74, 6) is -0.336. The van der Waals surface area contributed by atoms with Gasteiger partial charge in [0.15, 0.2) is 0 Å². The number of carbonyl (C=O) groups is 2. The molecule has 0 aromatic heterocycles. The van der Waals surface area contributed by atoms with Crippen LogP contribution in [0.25, 0.3) is 0 Å². The van der Waals surface area contributed by atoms with Crippen LogP contribution in [-0.4, -0.2) is 11.8 Å². The van der Waals surface area contributed by atoms with Crippen LogP contribution in [0, 0.1) is 0 Å².